The van der Waals surface area contributed by atoms with Gasteiger partial charge in [-0.25, -0.2) is 0 Å². The Hall–Kier alpha value is -0.0400. The van der Waals surface area contributed by atoms with Crippen LogP contribution in [0.5, 0.6) is 0 Å². The minimum absolute atomic E-state index is 0.134. The molecule has 0 aliphatic heterocycles. The van der Waals surface area contributed by atoms with Gasteiger partial charge in [-0.3, -0.25) is 0 Å². The van der Waals surface area contributed by atoms with E-state index in [2.05, 4.69) is 55.4 Å². The van der Waals surface area contributed by atoms with Gasteiger partial charge >= 0.3 is 0 Å². The van der Waals surface area contributed by atoms with Gasteiger partial charge in [0.2, 0.25) is 0 Å². The number of hydrogen-bond donors (Lipinski definition) is 1. The van der Waals surface area contributed by atoms with E-state index < -0.39 is 0 Å². The lowest BCUT2D eigenvalue weighted by atomic mass is 9.58. The topological polar surface area (TPSA) is 20.2 Å². The van der Waals surface area contributed by atoms with E-state index in [-0.39, 0.29) is 16.9 Å². The SMILES string of the molecule is CCC(C)CCC1CC(C(C)(C)C)C(O)C(C(C)(C)C)C1. The van der Waals surface area contributed by atoms with Crippen molar-refractivity contribution in [2.24, 2.45) is 34.5 Å². The van der Waals surface area contributed by atoms with E-state index in [1.807, 2.05) is 0 Å². The molecule has 0 spiro atoms. The predicted octanol–water partition coefficient (Wildman–Crippen LogP) is 5.91. The maximum absolute atomic E-state index is 10.9. The Kier molecular flexibility index (Phi) is 6.36. The van der Waals surface area contributed by atoms with E-state index in [1.54, 1.807) is 0 Å². The van der Waals surface area contributed by atoms with Crippen LogP contribution < -0.4 is 0 Å². The van der Waals surface area contributed by atoms with Crippen molar-refractivity contribution in [2.45, 2.75) is 93.6 Å². The van der Waals surface area contributed by atoms with Gasteiger partial charge in [-0.05, 0) is 47.3 Å². The van der Waals surface area contributed by atoms with Crippen molar-refractivity contribution in [3.05, 3.63) is 0 Å². The van der Waals surface area contributed by atoms with Gasteiger partial charge < -0.3 is 5.11 Å². The molecule has 21 heavy (non-hydrogen) atoms. The Morgan fingerprint density at radius 3 is 1.71 bits per heavy atom. The first-order valence-corrected chi connectivity index (χ1v) is 9.14. The van der Waals surface area contributed by atoms with Crippen LogP contribution >= 0.6 is 0 Å². The molecule has 0 amide bonds. The average molecular weight is 297 g/mol. The maximum Gasteiger partial charge on any atom is 0.0606 e. The monoisotopic (exact) mass is 296 g/mol. The molecular formula is C20H40O. The highest BCUT2D eigenvalue weighted by Crippen LogP contribution is 2.49. The summed E-state index contributed by atoms with van der Waals surface area (Å²) in [5, 5.41) is 10.9. The van der Waals surface area contributed by atoms with Crippen LogP contribution in [0.25, 0.3) is 0 Å². The average Bonchev–Trinajstić information content (AvgIpc) is 2.34. The molecule has 1 N–H and O–H groups in total. The van der Waals surface area contributed by atoms with Crippen molar-refractivity contribution in [1.82, 2.24) is 0 Å². The van der Waals surface area contributed by atoms with Gasteiger partial charge in [-0.15, -0.1) is 0 Å². The fourth-order valence-corrected chi connectivity index (χ4v) is 4.07. The maximum atomic E-state index is 10.9. The fraction of sp³-hybridized carbons (Fsp3) is 1.00. The fourth-order valence-electron chi connectivity index (χ4n) is 4.07. The molecular weight excluding hydrogens is 256 g/mol. The molecule has 0 aromatic carbocycles. The second-order valence-corrected chi connectivity index (χ2v) is 9.86. The summed E-state index contributed by atoms with van der Waals surface area (Å²) >= 11 is 0. The van der Waals surface area contributed by atoms with Crippen LogP contribution in [-0.2, 0) is 0 Å². The molecule has 1 rings (SSSR count). The summed E-state index contributed by atoms with van der Waals surface area (Å²) in [4.78, 5) is 0. The Labute approximate surface area is 133 Å². The van der Waals surface area contributed by atoms with Crippen LogP contribution in [0.2, 0.25) is 0 Å². The molecule has 1 aliphatic rings. The van der Waals surface area contributed by atoms with Crippen LogP contribution in [-0.4, -0.2) is 11.2 Å². The van der Waals surface area contributed by atoms with E-state index in [9.17, 15) is 5.11 Å². The first-order chi connectivity index (χ1) is 9.46. The summed E-state index contributed by atoms with van der Waals surface area (Å²) in [6.07, 6.45) is 6.29. The molecule has 1 aliphatic carbocycles. The molecule has 1 fully saturated rings. The molecule has 3 atom stereocenters. The Morgan fingerprint density at radius 1 is 0.952 bits per heavy atom. The van der Waals surface area contributed by atoms with Gasteiger partial charge in [0, 0.05) is 0 Å². The van der Waals surface area contributed by atoms with Crippen molar-refractivity contribution in [1.29, 1.82) is 0 Å². The number of aliphatic hydroxyl groups excluding tert-OH is 1. The van der Waals surface area contributed by atoms with Gasteiger partial charge in [0.15, 0.2) is 0 Å². The summed E-state index contributed by atoms with van der Waals surface area (Å²) in [7, 11) is 0. The van der Waals surface area contributed by atoms with E-state index >= 15 is 0 Å². The van der Waals surface area contributed by atoms with E-state index in [0.29, 0.717) is 11.8 Å². The largest absolute Gasteiger partial charge is 0.393 e. The predicted molar refractivity (Wildman–Crippen MR) is 93.3 cm³/mol. The molecule has 3 unspecified atom stereocenters. The number of aliphatic hydroxyl groups is 1. The lowest BCUT2D eigenvalue weighted by Gasteiger charge is -2.49. The molecule has 0 saturated heterocycles. The van der Waals surface area contributed by atoms with Crippen molar-refractivity contribution in [3.63, 3.8) is 0 Å². The lowest BCUT2D eigenvalue weighted by molar-refractivity contribution is -0.0850. The highest BCUT2D eigenvalue weighted by atomic mass is 16.3. The minimum Gasteiger partial charge on any atom is -0.393 e. The normalized spacial score (nSPS) is 33.0. The van der Waals surface area contributed by atoms with Gasteiger partial charge in [0.25, 0.3) is 0 Å². The molecule has 0 bridgehead atoms. The first-order valence-electron chi connectivity index (χ1n) is 9.14. The zero-order valence-electron chi connectivity index (χ0n) is 15.9. The lowest BCUT2D eigenvalue weighted by Crippen LogP contribution is -2.47. The summed E-state index contributed by atoms with van der Waals surface area (Å²) in [6, 6.07) is 0. The molecule has 1 nitrogen and oxygen atoms in total. The molecule has 0 heterocycles. The van der Waals surface area contributed by atoms with Crippen LogP contribution in [0, 0.1) is 34.5 Å². The second kappa shape index (κ2) is 7.02. The minimum atomic E-state index is -0.134. The van der Waals surface area contributed by atoms with Gasteiger partial charge in [0.05, 0.1) is 6.10 Å². The molecule has 1 saturated carbocycles. The quantitative estimate of drug-likeness (QED) is 0.684. The van der Waals surface area contributed by atoms with Crippen molar-refractivity contribution in [2.75, 3.05) is 0 Å². The summed E-state index contributed by atoms with van der Waals surface area (Å²) in [6.45, 7) is 18.5. The van der Waals surface area contributed by atoms with Crippen LogP contribution in [0.15, 0.2) is 0 Å². The summed E-state index contributed by atoms with van der Waals surface area (Å²) in [5.74, 6) is 2.53. The first kappa shape index (κ1) is 19.0. The smallest absolute Gasteiger partial charge is 0.0606 e. The second-order valence-electron chi connectivity index (χ2n) is 9.86. The van der Waals surface area contributed by atoms with Crippen LogP contribution in [0.1, 0.15) is 87.5 Å². The molecule has 0 aromatic heterocycles. The van der Waals surface area contributed by atoms with Gasteiger partial charge in [-0.2, -0.15) is 0 Å². The Balaban J connectivity index is 2.83. The van der Waals surface area contributed by atoms with E-state index in [4.69, 9.17) is 0 Å². The zero-order valence-corrected chi connectivity index (χ0v) is 15.9. The summed E-state index contributed by atoms with van der Waals surface area (Å²) < 4.78 is 0. The highest BCUT2D eigenvalue weighted by molar-refractivity contribution is 4.95. The Morgan fingerprint density at radius 2 is 1.38 bits per heavy atom. The van der Waals surface area contributed by atoms with Crippen molar-refractivity contribution >= 4 is 0 Å². The highest BCUT2D eigenvalue weighted by Gasteiger charge is 2.45. The Bertz CT molecular complexity index is 283. The van der Waals surface area contributed by atoms with Crippen molar-refractivity contribution < 1.29 is 5.11 Å². The molecule has 0 aromatic rings. The third-order valence-electron chi connectivity index (χ3n) is 5.99. The summed E-state index contributed by atoms with van der Waals surface area (Å²) in [5.41, 5.74) is 0.413. The zero-order chi connectivity index (χ0) is 16.4. The third kappa shape index (κ3) is 5.27. The number of hydrogen-bond acceptors (Lipinski definition) is 1. The van der Waals surface area contributed by atoms with Crippen molar-refractivity contribution in [3.8, 4) is 0 Å². The molecule has 1 heteroatoms. The van der Waals surface area contributed by atoms with Gasteiger partial charge in [-0.1, -0.05) is 74.7 Å². The van der Waals surface area contributed by atoms with Crippen LogP contribution in [0.4, 0.5) is 0 Å². The van der Waals surface area contributed by atoms with E-state index in [0.717, 1.165) is 11.8 Å². The number of rotatable bonds is 4. The van der Waals surface area contributed by atoms with Gasteiger partial charge in [0.1, 0.15) is 0 Å². The standard InChI is InChI=1S/C20H40O/c1-9-14(2)10-11-15-12-16(19(3,4)5)18(21)17(13-15)20(6,7)8/h14-18,21H,9-13H2,1-8H3. The van der Waals surface area contributed by atoms with Crippen LogP contribution in [0.3, 0.4) is 0 Å². The van der Waals surface area contributed by atoms with E-state index in [1.165, 1.54) is 32.1 Å². The molecule has 126 valence electrons. The molecule has 0 radical (unpaired) electrons. The third-order valence-corrected chi connectivity index (χ3v) is 5.99.